The quantitative estimate of drug-likeness (QED) is 0.160. The molecule has 2 unspecified atom stereocenters. The van der Waals surface area contributed by atoms with Crippen LogP contribution in [0.3, 0.4) is 0 Å². The van der Waals surface area contributed by atoms with E-state index in [0.717, 1.165) is 0 Å². The topological polar surface area (TPSA) is 6.48 Å². The van der Waals surface area contributed by atoms with E-state index in [0.29, 0.717) is 0 Å². The van der Waals surface area contributed by atoms with Gasteiger partial charge >= 0.3 is 0 Å². The zero-order valence-corrected chi connectivity index (χ0v) is 40.6. The molecule has 0 saturated heterocycles. The summed E-state index contributed by atoms with van der Waals surface area (Å²) in [5.41, 5.74) is 26.4. The monoisotopic (exact) mass is 827 g/mol. The van der Waals surface area contributed by atoms with Gasteiger partial charge in [-0.05, 0) is 145 Å². The van der Waals surface area contributed by atoms with Crippen LogP contribution in [-0.2, 0) is 27.1 Å². The largest absolute Gasteiger partial charge is 0.335 e. The lowest BCUT2D eigenvalue weighted by atomic mass is 9.33. The Kier molecular flexibility index (Phi) is 8.30. The Bertz CT molecular complexity index is 2930. The third-order valence-electron chi connectivity index (χ3n) is 16.9. The van der Waals surface area contributed by atoms with Crippen molar-refractivity contribution in [1.29, 1.82) is 0 Å². The van der Waals surface area contributed by atoms with Gasteiger partial charge in [0.05, 0.1) is 11.2 Å². The van der Waals surface area contributed by atoms with Gasteiger partial charge in [0.1, 0.15) is 0 Å². The van der Waals surface area contributed by atoms with E-state index in [1.165, 1.54) is 126 Å². The van der Waals surface area contributed by atoms with E-state index >= 15 is 0 Å². The van der Waals surface area contributed by atoms with Crippen LogP contribution < -0.4 is 26.2 Å². The molecule has 2 nitrogen and oxygen atoms in total. The number of hydrogen-bond donors (Lipinski definition) is 0. The van der Waals surface area contributed by atoms with Gasteiger partial charge in [-0.1, -0.05) is 169 Å². The molecule has 11 rings (SSSR count). The first-order chi connectivity index (χ1) is 29.5. The van der Waals surface area contributed by atoms with Crippen molar-refractivity contribution in [3.63, 3.8) is 0 Å². The van der Waals surface area contributed by atoms with Gasteiger partial charge in [-0.15, -0.1) is 0 Å². The molecule has 3 heteroatoms. The second-order valence-electron chi connectivity index (χ2n) is 24.3. The molecule has 2 aliphatic carbocycles. The summed E-state index contributed by atoms with van der Waals surface area (Å²) in [4.78, 5) is 5.61. The van der Waals surface area contributed by atoms with Crippen LogP contribution in [-0.4, -0.2) is 12.3 Å². The highest BCUT2D eigenvalue weighted by atomic mass is 15.3. The zero-order chi connectivity index (χ0) is 44.6. The Morgan fingerprint density at radius 2 is 1.13 bits per heavy atom. The summed E-state index contributed by atoms with van der Waals surface area (Å²) in [6.45, 7) is 33.9. The lowest BCUT2D eigenvalue weighted by Gasteiger charge is -2.53. The molecule has 1 fully saturated rings. The van der Waals surface area contributed by atoms with E-state index in [2.05, 4.69) is 210 Å². The van der Waals surface area contributed by atoms with Gasteiger partial charge < -0.3 is 9.80 Å². The van der Waals surface area contributed by atoms with Crippen molar-refractivity contribution in [1.82, 2.24) is 0 Å². The molecule has 2 atom stereocenters. The number of rotatable bonds is 2. The molecule has 0 N–H and O–H groups in total. The molecular weight excluding hydrogens is 759 g/mol. The minimum absolute atomic E-state index is 0.00200. The van der Waals surface area contributed by atoms with Crippen LogP contribution in [0.1, 0.15) is 155 Å². The summed E-state index contributed by atoms with van der Waals surface area (Å²) in [5, 5.41) is 0. The number of nitrogens with zero attached hydrogens (tertiary/aromatic N) is 2. The fourth-order valence-electron chi connectivity index (χ4n) is 12.9. The van der Waals surface area contributed by atoms with Crippen molar-refractivity contribution < 1.29 is 0 Å². The van der Waals surface area contributed by atoms with E-state index in [1.54, 1.807) is 5.56 Å². The van der Waals surface area contributed by atoms with Gasteiger partial charge in [-0.25, -0.2) is 0 Å². The highest BCUT2D eigenvalue weighted by Gasteiger charge is 2.62. The molecule has 0 spiro atoms. The molecular formula is C60H67BN2. The van der Waals surface area contributed by atoms with E-state index < -0.39 is 0 Å². The molecule has 63 heavy (non-hydrogen) atoms. The summed E-state index contributed by atoms with van der Waals surface area (Å²) in [7, 11) is 0. The van der Waals surface area contributed by atoms with Crippen LogP contribution in [0.15, 0.2) is 103 Å². The molecule has 6 aromatic rings. The Hall–Kier alpha value is -5.02. The highest BCUT2D eigenvalue weighted by molar-refractivity contribution is 7.00. The Labute approximate surface area is 379 Å². The van der Waals surface area contributed by atoms with Crippen molar-refractivity contribution in [3.05, 3.63) is 142 Å². The second-order valence-corrected chi connectivity index (χ2v) is 24.3. The molecule has 0 bridgehead atoms. The first-order valence-electron chi connectivity index (χ1n) is 24.0. The predicted molar refractivity (Wildman–Crippen MR) is 272 cm³/mol. The summed E-state index contributed by atoms with van der Waals surface area (Å²) in [6, 6.07) is 41.6. The van der Waals surface area contributed by atoms with E-state index in [9.17, 15) is 0 Å². The van der Waals surface area contributed by atoms with Gasteiger partial charge in [0.2, 0.25) is 0 Å². The Morgan fingerprint density at radius 3 is 1.83 bits per heavy atom. The second kappa shape index (κ2) is 12.8. The van der Waals surface area contributed by atoms with Gasteiger partial charge in [0.25, 0.3) is 6.71 Å². The number of anilines is 5. The smallest absolute Gasteiger partial charge is 0.252 e. The average molecular weight is 827 g/mol. The van der Waals surface area contributed by atoms with Crippen molar-refractivity contribution in [2.45, 2.75) is 155 Å². The van der Waals surface area contributed by atoms with Crippen LogP contribution in [0.2, 0.25) is 0 Å². The maximum absolute atomic E-state index is 2.90. The van der Waals surface area contributed by atoms with Crippen molar-refractivity contribution in [3.8, 4) is 22.3 Å². The SMILES string of the molecule is Cc1cc2c3c(c1)N1c4c(cc(C(C)(C)C)cc4C4(C)CCCCC14C)B3c1cc3c(cc1N2c1ccc(C(C)(C)C)cc1-c1ccccc1)C(C)(C)c1cc(C(C)(C)C)ccc1-3. The van der Waals surface area contributed by atoms with Crippen molar-refractivity contribution in [2.24, 2.45) is 0 Å². The zero-order valence-electron chi connectivity index (χ0n) is 40.6. The standard InChI is InChI=1S/C60H67BN2/c1-36-28-51-53-52(29-36)63-54-46(59(13)26-18-19-27-60(59,63)14)32-40(57(8,9)10)33-48(54)61(53)47-34-43-41-24-22-39(56(5,6)7)31-44(41)58(11,12)45(43)35-50(47)62(51)49-25-23-38(55(2,3)4)30-42(49)37-20-16-15-17-21-37/h15-17,20-25,28-35H,18-19,26-27H2,1-14H3. The molecule has 3 heterocycles. The van der Waals surface area contributed by atoms with Gasteiger partial charge in [0.15, 0.2) is 0 Å². The molecule has 6 aromatic carbocycles. The van der Waals surface area contributed by atoms with E-state index in [-0.39, 0.29) is 39.3 Å². The maximum atomic E-state index is 2.90. The minimum Gasteiger partial charge on any atom is -0.335 e. The first kappa shape index (κ1) is 40.7. The molecule has 1 saturated carbocycles. The van der Waals surface area contributed by atoms with E-state index in [1.807, 2.05) is 0 Å². The summed E-state index contributed by atoms with van der Waals surface area (Å²) in [6.07, 6.45) is 4.96. The molecule has 0 radical (unpaired) electrons. The number of fused-ring (bicyclic) bond motifs is 10. The predicted octanol–water partition coefficient (Wildman–Crippen LogP) is 14.2. The van der Waals surface area contributed by atoms with Crippen molar-refractivity contribution >= 4 is 51.5 Å². The maximum Gasteiger partial charge on any atom is 0.252 e. The van der Waals surface area contributed by atoms with Crippen LogP contribution in [0.5, 0.6) is 0 Å². The highest BCUT2D eigenvalue weighted by Crippen LogP contribution is 2.63. The van der Waals surface area contributed by atoms with Crippen molar-refractivity contribution in [2.75, 3.05) is 9.80 Å². The van der Waals surface area contributed by atoms with Crippen LogP contribution in [0, 0.1) is 6.92 Å². The normalized spacial score (nSPS) is 21.4. The Morgan fingerprint density at radius 1 is 0.508 bits per heavy atom. The molecule has 3 aliphatic heterocycles. The first-order valence-corrected chi connectivity index (χ1v) is 24.0. The fourth-order valence-corrected chi connectivity index (χ4v) is 12.9. The molecule has 0 amide bonds. The van der Waals surface area contributed by atoms with E-state index in [4.69, 9.17) is 0 Å². The Balaban J connectivity index is 1.29. The third-order valence-corrected chi connectivity index (χ3v) is 16.9. The molecule has 320 valence electrons. The minimum atomic E-state index is -0.168. The average Bonchev–Trinajstić information content (AvgIpc) is 3.57. The van der Waals surface area contributed by atoms with Crippen LogP contribution >= 0.6 is 0 Å². The summed E-state index contributed by atoms with van der Waals surface area (Å²) in [5.74, 6) is 0. The van der Waals surface area contributed by atoms with Gasteiger partial charge in [-0.3, -0.25) is 0 Å². The van der Waals surface area contributed by atoms with Gasteiger partial charge in [-0.2, -0.15) is 0 Å². The summed E-state index contributed by atoms with van der Waals surface area (Å²) >= 11 is 0. The summed E-state index contributed by atoms with van der Waals surface area (Å²) < 4.78 is 0. The lowest BCUT2D eigenvalue weighted by molar-refractivity contribution is 0.195. The lowest BCUT2D eigenvalue weighted by Crippen LogP contribution is -2.64. The number of hydrogen-bond acceptors (Lipinski definition) is 2. The molecule has 0 aromatic heterocycles. The number of aryl methyl sites for hydroxylation is 1. The van der Waals surface area contributed by atoms with Crippen LogP contribution in [0.25, 0.3) is 22.3 Å². The fraction of sp³-hybridized carbons (Fsp3) is 0.400. The number of benzene rings is 6. The molecule has 5 aliphatic rings. The third kappa shape index (κ3) is 5.50. The van der Waals surface area contributed by atoms with Gasteiger partial charge in [0, 0.05) is 39.1 Å². The van der Waals surface area contributed by atoms with Crippen LogP contribution in [0.4, 0.5) is 28.4 Å².